The van der Waals surface area contributed by atoms with Crippen LogP contribution in [0.3, 0.4) is 0 Å². The molecule has 2 aliphatic rings. The van der Waals surface area contributed by atoms with Gasteiger partial charge in [-0.05, 0) is 18.2 Å². The first kappa shape index (κ1) is 19.7. The van der Waals surface area contributed by atoms with Crippen molar-refractivity contribution in [3.05, 3.63) is 59.4 Å². The number of hydrogen-bond donors (Lipinski definition) is 2. The number of carbonyl (C=O) groups is 1. The first-order valence-corrected chi connectivity index (χ1v) is 9.11. The lowest BCUT2D eigenvalue weighted by Gasteiger charge is -2.39. The SMILES string of the molecule is N#Cc1cccnc1C(=O)N[C@@H]1OCC(F)(F)C2(CCOc3ccccc32)N=C1N. The van der Waals surface area contributed by atoms with Crippen molar-refractivity contribution in [2.45, 2.75) is 24.1 Å². The number of halogens is 2. The van der Waals surface area contributed by atoms with E-state index in [0.29, 0.717) is 5.75 Å². The van der Waals surface area contributed by atoms with E-state index in [1.54, 1.807) is 18.2 Å². The molecule has 0 bridgehead atoms. The van der Waals surface area contributed by atoms with Crippen molar-refractivity contribution in [2.24, 2.45) is 10.7 Å². The monoisotopic (exact) mass is 413 g/mol. The first-order chi connectivity index (χ1) is 14.4. The molecule has 4 rings (SSSR count). The van der Waals surface area contributed by atoms with E-state index in [-0.39, 0.29) is 35.7 Å². The average Bonchev–Trinajstić information content (AvgIpc) is 2.84. The number of nitriles is 1. The number of rotatable bonds is 2. The van der Waals surface area contributed by atoms with Gasteiger partial charge in [-0.2, -0.15) is 5.26 Å². The smallest absolute Gasteiger partial charge is 0.300 e. The molecule has 10 heteroatoms. The quantitative estimate of drug-likeness (QED) is 0.773. The molecule has 1 spiro atoms. The van der Waals surface area contributed by atoms with Gasteiger partial charge in [-0.25, -0.2) is 13.8 Å². The van der Waals surface area contributed by atoms with Crippen molar-refractivity contribution >= 4 is 11.7 Å². The summed E-state index contributed by atoms with van der Waals surface area (Å²) in [7, 11) is 0. The third-order valence-corrected chi connectivity index (χ3v) is 5.08. The van der Waals surface area contributed by atoms with Crippen LogP contribution in [0.15, 0.2) is 47.6 Å². The molecule has 1 aromatic heterocycles. The Kier molecular flexibility index (Phi) is 4.83. The molecule has 1 amide bonds. The van der Waals surface area contributed by atoms with Crippen LogP contribution in [-0.2, 0) is 10.3 Å². The standard InChI is InChI=1S/C20H17F2N5O3/c21-20(22)11-30-18(26-17(28)15-12(10-23)4-3-8-25-15)16(24)27-19(20)7-9-29-14-6-2-1-5-13(14)19/h1-6,8,18H,7,9,11H2,(H2,24,27)(H,26,28)/t18-,19?/m1/s1. The molecule has 0 fully saturated rings. The third-order valence-electron chi connectivity index (χ3n) is 5.08. The number of pyridine rings is 1. The Balaban J connectivity index is 1.70. The Labute approximate surface area is 170 Å². The number of hydrogen-bond acceptors (Lipinski definition) is 7. The molecule has 0 saturated heterocycles. The van der Waals surface area contributed by atoms with Crippen LogP contribution in [0.4, 0.5) is 8.78 Å². The summed E-state index contributed by atoms with van der Waals surface area (Å²) in [6.07, 6.45) is -0.185. The molecule has 3 heterocycles. The average molecular weight is 413 g/mol. The van der Waals surface area contributed by atoms with E-state index in [9.17, 15) is 4.79 Å². The molecule has 154 valence electrons. The van der Waals surface area contributed by atoms with Crippen molar-refractivity contribution in [1.82, 2.24) is 10.3 Å². The molecule has 30 heavy (non-hydrogen) atoms. The van der Waals surface area contributed by atoms with Crippen LogP contribution in [0, 0.1) is 11.3 Å². The molecule has 1 aromatic carbocycles. The van der Waals surface area contributed by atoms with E-state index in [4.69, 9.17) is 20.5 Å². The largest absolute Gasteiger partial charge is 0.493 e. The third kappa shape index (κ3) is 3.13. The first-order valence-electron chi connectivity index (χ1n) is 9.11. The Morgan fingerprint density at radius 1 is 1.30 bits per heavy atom. The minimum atomic E-state index is -3.42. The van der Waals surface area contributed by atoms with E-state index in [0.717, 1.165) is 0 Å². The van der Waals surface area contributed by atoms with Gasteiger partial charge in [0.1, 0.15) is 30.0 Å². The molecule has 8 nitrogen and oxygen atoms in total. The van der Waals surface area contributed by atoms with Gasteiger partial charge in [-0.15, -0.1) is 0 Å². The van der Waals surface area contributed by atoms with Crippen molar-refractivity contribution in [3.8, 4) is 11.8 Å². The van der Waals surface area contributed by atoms with Gasteiger partial charge in [0.15, 0.2) is 11.8 Å². The van der Waals surface area contributed by atoms with E-state index < -0.39 is 30.2 Å². The minimum Gasteiger partial charge on any atom is -0.493 e. The highest BCUT2D eigenvalue weighted by Gasteiger charge is 2.59. The van der Waals surface area contributed by atoms with E-state index in [1.807, 2.05) is 6.07 Å². The highest BCUT2D eigenvalue weighted by molar-refractivity contribution is 5.98. The Morgan fingerprint density at radius 3 is 2.90 bits per heavy atom. The van der Waals surface area contributed by atoms with Gasteiger partial charge in [0.2, 0.25) is 0 Å². The molecule has 0 saturated carbocycles. The zero-order valence-electron chi connectivity index (χ0n) is 15.6. The van der Waals surface area contributed by atoms with E-state index in [2.05, 4.69) is 15.3 Å². The second kappa shape index (κ2) is 7.35. The summed E-state index contributed by atoms with van der Waals surface area (Å²) < 4.78 is 41.3. The van der Waals surface area contributed by atoms with Crippen LogP contribution in [0.5, 0.6) is 5.75 Å². The van der Waals surface area contributed by atoms with Crippen LogP contribution in [0.1, 0.15) is 28.0 Å². The number of aromatic nitrogens is 1. The van der Waals surface area contributed by atoms with Gasteiger partial charge in [-0.1, -0.05) is 18.2 Å². The second-order valence-electron chi connectivity index (χ2n) is 6.87. The normalized spacial score (nSPS) is 24.6. The van der Waals surface area contributed by atoms with Crippen LogP contribution in [-0.4, -0.2) is 42.1 Å². The molecule has 2 atom stereocenters. The molecule has 0 radical (unpaired) electrons. The number of carbonyl (C=O) groups excluding carboxylic acids is 1. The number of nitrogens with zero attached hydrogens (tertiary/aromatic N) is 3. The van der Waals surface area contributed by atoms with Gasteiger partial charge in [-0.3, -0.25) is 9.79 Å². The van der Waals surface area contributed by atoms with Crippen molar-refractivity contribution in [3.63, 3.8) is 0 Å². The molecule has 1 unspecified atom stereocenters. The molecule has 2 aromatic rings. The van der Waals surface area contributed by atoms with Crippen LogP contribution < -0.4 is 15.8 Å². The van der Waals surface area contributed by atoms with Gasteiger partial charge in [0, 0.05) is 18.2 Å². The number of para-hydroxylation sites is 1. The molecular formula is C20H17F2N5O3. The summed E-state index contributed by atoms with van der Waals surface area (Å²) in [4.78, 5) is 20.6. The van der Waals surface area contributed by atoms with Crippen LogP contribution >= 0.6 is 0 Å². The van der Waals surface area contributed by atoms with Gasteiger partial charge in [0.05, 0.1) is 12.2 Å². The molecular weight excluding hydrogens is 396 g/mol. The highest BCUT2D eigenvalue weighted by atomic mass is 19.3. The summed E-state index contributed by atoms with van der Waals surface area (Å²) in [6.45, 7) is -0.996. The summed E-state index contributed by atoms with van der Waals surface area (Å²) in [6, 6.07) is 11.2. The zero-order valence-corrected chi connectivity index (χ0v) is 15.6. The van der Waals surface area contributed by atoms with Crippen LogP contribution in [0.2, 0.25) is 0 Å². The fourth-order valence-corrected chi connectivity index (χ4v) is 3.61. The van der Waals surface area contributed by atoms with Gasteiger partial charge < -0.3 is 20.5 Å². The number of benzene rings is 1. The highest BCUT2D eigenvalue weighted by Crippen LogP contribution is 2.50. The minimum absolute atomic E-state index is 0.0271. The Hall–Kier alpha value is -3.58. The van der Waals surface area contributed by atoms with E-state index >= 15 is 8.78 Å². The van der Waals surface area contributed by atoms with E-state index in [1.165, 1.54) is 24.4 Å². The number of amides is 1. The number of amidine groups is 1. The predicted molar refractivity (Wildman–Crippen MR) is 101 cm³/mol. The van der Waals surface area contributed by atoms with Gasteiger partial charge in [0.25, 0.3) is 11.8 Å². The summed E-state index contributed by atoms with van der Waals surface area (Å²) in [5, 5.41) is 11.5. The number of fused-ring (bicyclic) bond motifs is 2. The topological polar surface area (TPSA) is 123 Å². The zero-order chi connectivity index (χ0) is 21.4. The summed E-state index contributed by atoms with van der Waals surface area (Å²) in [5.74, 6) is -4.22. The lowest BCUT2D eigenvalue weighted by molar-refractivity contribution is -0.140. The maximum atomic E-state index is 15.3. The number of nitrogens with one attached hydrogen (secondary N) is 1. The van der Waals surface area contributed by atoms with Crippen molar-refractivity contribution in [1.29, 1.82) is 5.26 Å². The molecule has 3 N–H and O–H groups in total. The second-order valence-corrected chi connectivity index (χ2v) is 6.87. The maximum absolute atomic E-state index is 15.3. The predicted octanol–water partition coefficient (Wildman–Crippen LogP) is 1.71. The fourth-order valence-electron chi connectivity index (χ4n) is 3.61. The maximum Gasteiger partial charge on any atom is 0.300 e. The number of aliphatic imine (C=N–C) groups is 1. The lowest BCUT2D eigenvalue weighted by Crippen LogP contribution is -2.49. The van der Waals surface area contributed by atoms with Crippen molar-refractivity contribution in [2.75, 3.05) is 13.2 Å². The van der Waals surface area contributed by atoms with Crippen molar-refractivity contribution < 1.29 is 23.0 Å². The number of alkyl halides is 2. The number of nitrogens with two attached hydrogens (primary N) is 1. The van der Waals surface area contributed by atoms with Gasteiger partial charge >= 0.3 is 0 Å². The summed E-state index contributed by atoms with van der Waals surface area (Å²) in [5.41, 5.74) is 4.10. The fraction of sp³-hybridized carbons (Fsp3) is 0.300. The molecule has 0 aliphatic carbocycles. The van der Waals surface area contributed by atoms with Crippen LogP contribution in [0.25, 0.3) is 0 Å². The summed E-state index contributed by atoms with van der Waals surface area (Å²) >= 11 is 0. The Bertz CT molecular complexity index is 1070. The number of ether oxygens (including phenoxy) is 2. The molecule has 2 aliphatic heterocycles. The lowest BCUT2D eigenvalue weighted by atomic mass is 9.79. The Morgan fingerprint density at radius 2 is 2.10 bits per heavy atom.